The smallest absolute Gasteiger partial charge is 0.141 e. The van der Waals surface area contributed by atoms with Gasteiger partial charge in [-0.3, -0.25) is 0 Å². The summed E-state index contributed by atoms with van der Waals surface area (Å²) in [5, 5.41) is 10.3. The van der Waals surface area contributed by atoms with E-state index >= 15 is 0 Å². The highest BCUT2D eigenvalue weighted by Crippen LogP contribution is 2.36. The van der Waals surface area contributed by atoms with Crippen LogP contribution >= 0.6 is 27.5 Å². The molecule has 0 saturated heterocycles. The zero-order valence-corrected chi connectivity index (χ0v) is 13.3. The van der Waals surface area contributed by atoms with E-state index in [1.165, 1.54) is 6.07 Å². The third kappa shape index (κ3) is 3.32. The summed E-state index contributed by atoms with van der Waals surface area (Å²) in [4.78, 5) is 0. The molecule has 0 aliphatic rings. The number of hydrogen-bond donors (Lipinski definition) is 1. The Bertz CT molecular complexity index is 644. The zero-order chi connectivity index (χ0) is 14.9. The molecule has 5 heteroatoms. The molecule has 0 bridgehead atoms. The van der Waals surface area contributed by atoms with Crippen LogP contribution in [0.15, 0.2) is 34.8 Å². The lowest BCUT2D eigenvalue weighted by Crippen LogP contribution is -1.99. The summed E-state index contributed by atoms with van der Waals surface area (Å²) in [5.74, 6) is 0.590. The highest BCUT2D eigenvalue weighted by molar-refractivity contribution is 9.10. The van der Waals surface area contributed by atoms with Gasteiger partial charge >= 0.3 is 0 Å². The summed E-state index contributed by atoms with van der Waals surface area (Å²) in [7, 11) is 0. The molecule has 2 nitrogen and oxygen atoms in total. The van der Waals surface area contributed by atoms with Crippen LogP contribution in [0.3, 0.4) is 0 Å². The van der Waals surface area contributed by atoms with E-state index in [4.69, 9.17) is 16.3 Å². The lowest BCUT2D eigenvalue weighted by atomic mass is 10.1. The lowest BCUT2D eigenvalue weighted by Gasteiger charge is -2.15. The average molecular weight is 360 g/mol. The molecule has 0 aliphatic heterocycles. The van der Waals surface area contributed by atoms with Crippen molar-refractivity contribution >= 4 is 27.5 Å². The van der Waals surface area contributed by atoms with Crippen molar-refractivity contribution in [1.82, 2.24) is 0 Å². The van der Waals surface area contributed by atoms with Crippen LogP contribution in [0.5, 0.6) is 11.5 Å². The Morgan fingerprint density at radius 1 is 1.25 bits per heavy atom. The maximum atomic E-state index is 13.6. The molecule has 0 spiro atoms. The van der Waals surface area contributed by atoms with Crippen LogP contribution in [0.25, 0.3) is 0 Å². The average Bonchev–Trinajstić information content (AvgIpc) is 2.36. The maximum absolute atomic E-state index is 13.6. The van der Waals surface area contributed by atoms with E-state index in [2.05, 4.69) is 15.9 Å². The predicted molar refractivity (Wildman–Crippen MR) is 81.0 cm³/mol. The van der Waals surface area contributed by atoms with E-state index in [0.29, 0.717) is 32.1 Å². The molecule has 2 aromatic carbocycles. The third-order valence-electron chi connectivity index (χ3n) is 2.85. The Morgan fingerprint density at radius 3 is 2.55 bits per heavy atom. The van der Waals surface area contributed by atoms with Crippen molar-refractivity contribution in [1.29, 1.82) is 0 Å². The summed E-state index contributed by atoms with van der Waals surface area (Å²) in [6.07, 6.45) is -0.828. The van der Waals surface area contributed by atoms with Crippen molar-refractivity contribution in [3.8, 4) is 11.5 Å². The minimum absolute atomic E-state index is 0.372. The van der Waals surface area contributed by atoms with Crippen LogP contribution in [0.1, 0.15) is 24.2 Å². The van der Waals surface area contributed by atoms with Crippen LogP contribution in [-0.4, -0.2) is 5.11 Å². The normalized spacial score (nSPS) is 12.3. The standard InChI is InChI=1S/C15H13BrClFO2/c1-8-5-15(11(9(2)19)7-13(8)18)20-14-4-3-10(17)6-12(14)16/h3-7,9,19H,1-2H3/t9-/m1/s1. The number of aliphatic hydroxyl groups excluding tert-OH is 1. The molecular weight excluding hydrogens is 347 g/mol. The predicted octanol–water partition coefficient (Wildman–Crippen LogP) is 5.40. The monoisotopic (exact) mass is 358 g/mol. The molecule has 1 atom stereocenters. The van der Waals surface area contributed by atoms with Crippen molar-refractivity contribution in [2.75, 3.05) is 0 Å². The molecule has 0 heterocycles. The Labute approximate surface area is 130 Å². The third-order valence-corrected chi connectivity index (χ3v) is 3.71. The van der Waals surface area contributed by atoms with Gasteiger partial charge in [0.1, 0.15) is 17.3 Å². The van der Waals surface area contributed by atoms with Gasteiger partial charge < -0.3 is 9.84 Å². The number of aliphatic hydroxyl groups is 1. The Kier molecular flexibility index (Phi) is 4.68. The molecule has 0 unspecified atom stereocenters. The molecule has 106 valence electrons. The van der Waals surface area contributed by atoms with Crippen molar-refractivity contribution in [2.24, 2.45) is 0 Å². The van der Waals surface area contributed by atoms with E-state index < -0.39 is 6.10 Å². The highest BCUT2D eigenvalue weighted by Gasteiger charge is 2.15. The van der Waals surface area contributed by atoms with Gasteiger partial charge in [0.25, 0.3) is 0 Å². The van der Waals surface area contributed by atoms with Crippen LogP contribution in [-0.2, 0) is 0 Å². The molecular formula is C15H13BrClFO2. The molecule has 0 fully saturated rings. The van der Waals surface area contributed by atoms with Crippen molar-refractivity contribution in [3.05, 3.63) is 56.8 Å². The van der Waals surface area contributed by atoms with Gasteiger partial charge in [0.2, 0.25) is 0 Å². The van der Waals surface area contributed by atoms with Gasteiger partial charge in [0, 0.05) is 10.6 Å². The van der Waals surface area contributed by atoms with Gasteiger partial charge in [-0.25, -0.2) is 4.39 Å². The molecule has 1 N–H and O–H groups in total. The highest BCUT2D eigenvalue weighted by atomic mass is 79.9. The summed E-state index contributed by atoms with van der Waals surface area (Å²) in [6, 6.07) is 7.96. The van der Waals surface area contributed by atoms with Gasteiger partial charge in [0.05, 0.1) is 10.6 Å². The van der Waals surface area contributed by atoms with E-state index in [1.54, 1.807) is 38.1 Å². The fourth-order valence-electron chi connectivity index (χ4n) is 1.76. The van der Waals surface area contributed by atoms with Gasteiger partial charge in [-0.2, -0.15) is 0 Å². The van der Waals surface area contributed by atoms with Crippen LogP contribution in [0.4, 0.5) is 4.39 Å². The zero-order valence-electron chi connectivity index (χ0n) is 11.0. The fourth-order valence-corrected chi connectivity index (χ4v) is 2.53. The Balaban J connectivity index is 2.44. The summed E-state index contributed by atoms with van der Waals surface area (Å²) >= 11 is 9.23. The molecule has 2 aromatic rings. The number of rotatable bonds is 3. The summed E-state index contributed by atoms with van der Waals surface area (Å²) in [6.45, 7) is 3.21. The number of ether oxygens (including phenoxy) is 1. The van der Waals surface area contributed by atoms with Crippen molar-refractivity contribution in [3.63, 3.8) is 0 Å². The van der Waals surface area contributed by atoms with Gasteiger partial charge in [-0.15, -0.1) is 0 Å². The SMILES string of the molecule is Cc1cc(Oc2ccc(Cl)cc2Br)c([C@@H](C)O)cc1F. The number of aryl methyl sites for hydroxylation is 1. The second-order valence-electron chi connectivity index (χ2n) is 4.49. The summed E-state index contributed by atoms with van der Waals surface area (Å²) in [5.41, 5.74) is 0.851. The Hall–Kier alpha value is -1.10. The van der Waals surface area contributed by atoms with E-state index in [-0.39, 0.29) is 5.82 Å². The topological polar surface area (TPSA) is 29.5 Å². The molecule has 0 saturated carbocycles. The molecule has 0 amide bonds. The first-order chi connectivity index (χ1) is 9.38. The van der Waals surface area contributed by atoms with Crippen molar-refractivity contribution < 1.29 is 14.2 Å². The first-order valence-corrected chi connectivity index (χ1v) is 7.16. The van der Waals surface area contributed by atoms with E-state index in [9.17, 15) is 9.50 Å². The van der Waals surface area contributed by atoms with Crippen LogP contribution in [0, 0.1) is 12.7 Å². The maximum Gasteiger partial charge on any atom is 0.141 e. The number of benzene rings is 2. The quantitative estimate of drug-likeness (QED) is 0.795. The van der Waals surface area contributed by atoms with Gasteiger partial charge in [-0.05, 0) is 65.7 Å². The van der Waals surface area contributed by atoms with Crippen LogP contribution in [0.2, 0.25) is 5.02 Å². The number of hydrogen-bond acceptors (Lipinski definition) is 2. The van der Waals surface area contributed by atoms with Gasteiger partial charge in [0.15, 0.2) is 0 Å². The number of halogens is 3. The fraction of sp³-hybridized carbons (Fsp3) is 0.200. The van der Waals surface area contributed by atoms with Gasteiger partial charge in [-0.1, -0.05) is 11.6 Å². The molecule has 0 radical (unpaired) electrons. The minimum atomic E-state index is -0.828. The first-order valence-electron chi connectivity index (χ1n) is 5.99. The Morgan fingerprint density at radius 2 is 1.95 bits per heavy atom. The second-order valence-corrected chi connectivity index (χ2v) is 5.78. The molecule has 20 heavy (non-hydrogen) atoms. The minimum Gasteiger partial charge on any atom is -0.456 e. The second kappa shape index (κ2) is 6.12. The molecule has 0 aromatic heterocycles. The van der Waals surface area contributed by atoms with E-state index in [0.717, 1.165) is 0 Å². The van der Waals surface area contributed by atoms with E-state index in [1.807, 2.05) is 0 Å². The lowest BCUT2D eigenvalue weighted by molar-refractivity contribution is 0.195. The summed E-state index contributed by atoms with van der Waals surface area (Å²) < 4.78 is 20.0. The molecule has 2 rings (SSSR count). The van der Waals surface area contributed by atoms with Crippen molar-refractivity contribution in [2.45, 2.75) is 20.0 Å². The van der Waals surface area contributed by atoms with Crippen LogP contribution < -0.4 is 4.74 Å². The largest absolute Gasteiger partial charge is 0.456 e. The molecule has 0 aliphatic carbocycles. The first kappa shape index (κ1) is 15.3.